The zero-order valence-corrected chi connectivity index (χ0v) is 19.3. The van der Waals surface area contributed by atoms with E-state index in [4.69, 9.17) is 21.1 Å². The lowest BCUT2D eigenvalue weighted by Gasteiger charge is -2.09. The maximum absolute atomic E-state index is 12.3. The monoisotopic (exact) mass is 471 g/mol. The summed E-state index contributed by atoms with van der Waals surface area (Å²) in [7, 11) is 3.10. The second kappa shape index (κ2) is 10.8. The highest BCUT2D eigenvalue weighted by molar-refractivity contribution is 7.18. The van der Waals surface area contributed by atoms with Crippen molar-refractivity contribution < 1.29 is 19.1 Å². The maximum atomic E-state index is 12.3. The first-order chi connectivity index (χ1) is 15.4. The van der Waals surface area contributed by atoms with Crippen LogP contribution in [0, 0.1) is 0 Å². The second-order valence-corrected chi connectivity index (χ2v) is 8.45. The van der Waals surface area contributed by atoms with E-state index < -0.39 is 0 Å². The summed E-state index contributed by atoms with van der Waals surface area (Å²) in [5, 5.41) is 7.01. The Bertz CT molecular complexity index is 1160. The second-order valence-electron chi connectivity index (χ2n) is 6.74. The quantitative estimate of drug-likeness (QED) is 0.366. The number of ether oxygens (including phenoxy) is 2. The highest BCUT2D eigenvalue weighted by Crippen LogP contribution is 2.27. The third-order valence-electron chi connectivity index (χ3n) is 4.50. The van der Waals surface area contributed by atoms with Crippen LogP contribution in [0.1, 0.15) is 27.7 Å². The number of amides is 2. The minimum Gasteiger partial charge on any atom is -0.493 e. The zero-order chi connectivity index (χ0) is 23.1. The van der Waals surface area contributed by atoms with E-state index in [0.29, 0.717) is 32.1 Å². The zero-order valence-electron chi connectivity index (χ0n) is 17.8. The first kappa shape index (κ1) is 23.3. The Morgan fingerprint density at radius 3 is 2.50 bits per heavy atom. The fourth-order valence-corrected chi connectivity index (χ4v) is 3.82. The normalized spacial score (nSPS) is 11.1. The molecule has 0 saturated heterocycles. The largest absolute Gasteiger partial charge is 0.493 e. The van der Waals surface area contributed by atoms with Gasteiger partial charge in [0, 0.05) is 5.69 Å². The van der Waals surface area contributed by atoms with E-state index in [1.807, 2.05) is 6.07 Å². The Balaban J connectivity index is 1.62. The highest BCUT2D eigenvalue weighted by atomic mass is 35.5. The van der Waals surface area contributed by atoms with Gasteiger partial charge >= 0.3 is 0 Å². The van der Waals surface area contributed by atoms with E-state index >= 15 is 0 Å². The molecule has 0 bridgehead atoms. The van der Waals surface area contributed by atoms with Gasteiger partial charge in [-0.3, -0.25) is 9.59 Å². The number of hydrogen-bond acceptors (Lipinski definition) is 6. The van der Waals surface area contributed by atoms with Crippen LogP contribution >= 0.6 is 22.9 Å². The number of halogens is 1. The summed E-state index contributed by atoms with van der Waals surface area (Å²) in [6, 6.07) is 15.9. The number of nitrogens with one attached hydrogen (secondary N) is 2. The molecule has 7 nitrogen and oxygen atoms in total. The van der Waals surface area contributed by atoms with Gasteiger partial charge in [-0.1, -0.05) is 29.8 Å². The molecule has 9 heteroatoms. The number of hydrogen-bond donors (Lipinski definition) is 2. The lowest BCUT2D eigenvalue weighted by atomic mass is 10.1. The molecule has 1 heterocycles. The minimum atomic E-state index is -0.268. The third kappa shape index (κ3) is 6.09. The van der Waals surface area contributed by atoms with Gasteiger partial charge in [0.2, 0.25) is 5.91 Å². The molecular weight excluding hydrogens is 450 g/mol. The van der Waals surface area contributed by atoms with Crippen molar-refractivity contribution in [3.05, 3.63) is 74.9 Å². The van der Waals surface area contributed by atoms with Crippen molar-refractivity contribution in [1.82, 2.24) is 5.43 Å². The summed E-state index contributed by atoms with van der Waals surface area (Å²) in [6.45, 7) is 1.77. The predicted molar refractivity (Wildman–Crippen MR) is 127 cm³/mol. The molecule has 0 radical (unpaired) electrons. The number of methoxy groups -OCH3 is 2. The van der Waals surface area contributed by atoms with Gasteiger partial charge in [-0.15, -0.1) is 11.3 Å². The topological polar surface area (TPSA) is 89.0 Å². The van der Waals surface area contributed by atoms with Crippen molar-refractivity contribution in [2.45, 2.75) is 13.3 Å². The van der Waals surface area contributed by atoms with Crippen LogP contribution < -0.4 is 20.2 Å². The van der Waals surface area contributed by atoms with Crippen molar-refractivity contribution in [1.29, 1.82) is 0 Å². The molecule has 3 aromatic rings. The fraction of sp³-hybridized carbons (Fsp3) is 0.174. The first-order valence-electron chi connectivity index (χ1n) is 9.60. The fourth-order valence-electron chi connectivity index (χ4n) is 2.88. The van der Waals surface area contributed by atoms with Crippen LogP contribution in [-0.2, 0) is 11.2 Å². The van der Waals surface area contributed by atoms with E-state index in [9.17, 15) is 9.59 Å². The molecule has 0 saturated carbocycles. The summed E-state index contributed by atoms with van der Waals surface area (Å²) < 4.78 is 11.0. The molecule has 0 unspecified atom stereocenters. The van der Waals surface area contributed by atoms with Gasteiger partial charge < -0.3 is 14.8 Å². The van der Waals surface area contributed by atoms with Crippen LogP contribution in [-0.4, -0.2) is 31.7 Å². The van der Waals surface area contributed by atoms with Gasteiger partial charge in [0.15, 0.2) is 11.5 Å². The van der Waals surface area contributed by atoms with Gasteiger partial charge in [0.05, 0.1) is 35.6 Å². The number of nitrogens with zero attached hydrogens (tertiary/aromatic N) is 1. The van der Waals surface area contributed by atoms with Crippen molar-refractivity contribution >= 4 is 46.2 Å². The van der Waals surface area contributed by atoms with E-state index in [0.717, 1.165) is 11.1 Å². The van der Waals surface area contributed by atoms with Gasteiger partial charge in [0.1, 0.15) is 0 Å². The lowest BCUT2D eigenvalue weighted by Crippen LogP contribution is -2.21. The molecule has 0 aliphatic heterocycles. The summed E-state index contributed by atoms with van der Waals surface area (Å²) in [5.41, 5.74) is 5.31. The molecule has 32 heavy (non-hydrogen) atoms. The number of benzene rings is 2. The Kier molecular flexibility index (Phi) is 7.86. The molecular formula is C23H22ClN3O4S. The summed E-state index contributed by atoms with van der Waals surface area (Å²) in [6.07, 6.45) is 0.136. The molecule has 0 aliphatic carbocycles. The highest BCUT2D eigenvalue weighted by Gasteiger charge is 2.11. The van der Waals surface area contributed by atoms with E-state index in [1.165, 1.54) is 11.3 Å². The lowest BCUT2D eigenvalue weighted by molar-refractivity contribution is -0.120. The Morgan fingerprint density at radius 2 is 1.81 bits per heavy atom. The number of rotatable bonds is 8. The first-order valence-corrected chi connectivity index (χ1v) is 10.8. The Labute approximate surface area is 195 Å². The molecule has 3 rings (SSSR count). The number of thiophene rings is 1. The molecule has 166 valence electrons. The molecule has 0 spiro atoms. The van der Waals surface area contributed by atoms with Crippen LogP contribution in [0.4, 0.5) is 5.69 Å². The predicted octanol–water partition coefficient (Wildman–Crippen LogP) is 4.75. The summed E-state index contributed by atoms with van der Waals surface area (Å²) in [5.74, 6) is 0.647. The van der Waals surface area contributed by atoms with Crippen LogP contribution in [0.5, 0.6) is 11.5 Å². The Morgan fingerprint density at radius 1 is 1.03 bits per heavy atom. The van der Waals surface area contributed by atoms with Crippen LogP contribution in [0.15, 0.2) is 59.7 Å². The van der Waals surface area contributed by atoms with E-state index in [1.54, 1.807) is 69.7 Å². The molecule has 0 aliphatic rings. The van der Waals surface area contributed by atoms with Crippen LogP contribution in [0.25, 0.3) is 0 Å². The van der Waals surface area contributed by atoms with Gasteiger partial charge in [-0.05, 0) is 54.4 Å². The minimum absolute atomic E-state index is 0.136. The molecule has 2 N–H and O–H groups in total. The maximum Gasteiger partial charge on any atom is 0.265 e. The van der Waals surface area contributed by atoms with E-state index in [2.05, 4.69) is 15.8 Å². The van der Waals surface area contributed by atoms with Crippen molar-refractivity contribution in [2.75, 3.05) is 19.5 Å². The third-order valence-corrected chi connectivity index (χ3v) is 5.73. The molecule has 0 fully saturated rings. The van der Waals surface area contributed by atoms with Gasteiger partial charge in [-0.2, -0.15) is 5.10 Å². The number of hydrazone groups is 1. The molecule has 2 amide bonds. The van der Waals surface area contributed by atoms with Crippen molar-refractivity contribution in [3.8, 4) is 11.5 Å². The van der Waals surface area contributed by atoms with Crippen molar-refractivity contribution in [2.24, 2.45) is 5.10 Å². The van der Waals surface area contributed by atoms with Crippen molar-refractivity contribution in [3.63, 3.8) is 0 Å². The molecule has 0 atom stereocenters. The van der Waals surface area contributed by atoms with Gasteiger partial charge in [-0.25, -0.2) is 5.43 Å². The average molecular weight is 472 g/mol. The summed E-state index contributed by atoms with van der Waals surface area (Å²) in [4.78, 5) is 25.2. The number of carbonyl (C=O) groups is 2. The van der Waals surface area contributed by atoms with E-state index in [-0.39, 0.29) is 18.2 Å². The smallest absolute Gasteiger partial charge is 0.265 e. The number of anilines is 1. The number of carbonyl (C=O) groups excluding carboxylic acids is 2. The van der Waals surface area contributed by atoms with Crippen LogP contribution in [0.2, 0.25) is 4.34 Å². The molecule has 2 aromatic carbocycles. The molecule has 1 aromatic heterocycles. The van der Waals surface area contributed by atoms with Crippen LogP contribution in [0.3, 0.4) is 0 Å². The van der Waals surface area contributed by atoms with Gasteiger partial charge in [0.25, 0.3) is 5.91 Å². The standard InChI is InChI=1S/C23H22ClN3O4S/c1-14(26-27-22(28)12-15-7-8-18(30-2)19(11-15)31-3)16-5-4-6-17(13-16)25-23(29)20-9-10-21(24)32-20/h4-11,13H,12H2,1-3H3,(H,25,29)(H,27,28)/b26-14-. The summed E-state index contributed by atoms with van der Waals surface area (Å²) >= 11 is 7.10. The SMILES string of the molecule is COc1ccc(CC(=O)N/N=C(/C)c2cccc(NC(=O)c3ccc(Cl)s3)c2)cc1OC. The Hall–Kier alpha value is -3.36. The average Bonchev–Trinajstić information content (AvgIpc) is 3.24.